The largest absolute Gasteiger partial charge is 0.480 e. The van der Waals surface area contributed by atoms with Gasteiger partial charge in [0.05, 0.1) is 18.8 Å². The second kappa shape index (κ2) is 7.68. The molecule has 106 valence electrons. The normalized spacial score (nSPS) is 18.6. The molecule has 1 fully saturated rings. The Labute approximate surface area is 108 Å². The van der Waals surface area contributed by atoms with Gasteiger partial charge in [0.25, 0.3) is 0 Å². The van der Waals surface area contributed by atoms with Crippen LogP contribution in [0.4, 0.5) is 0 Å². The molecule has 6 nitrogen and oxygen atoms in total. The predicted octanol–water partition coefficient (Wildman–Crippen LogP) is 0.215. The number of carbonyl (C=O) groups is 1. The summed E-state index contributed by atoms with van der Waals surface area (Å²) >= 11 is 0. The molecule has 1 N–H and O–H groups in total. The topological polar surface area (TPSA) is 68.2 Å². The van der Waals surface area contributed by atoms with Gasteiger partial charge < -0.3 is 19.3 Å². The zero-order valence-corrected chi connectivity index (χ0v) is 11.2. The zero-order valence-electron chi connectivity index (χ0n) is 11.2. The van der Waals surface area contributed by atoms with Gasteiger partial charge >= 0.3 is 5.97 Å². The van der Waals surface area contributed by atoms with Crippen molar-refractivity contribution in [1.29, 1.82) is 0 Å². The molecule has 0 radical (unpaired) electrons. The van der Waals surface area contributed by atoms with Crippen LogP contribution in [0, 0.1) is 0 Å². The molecular weight excluding hydrogens is 238 g/mol. The van der Waals surface area contributed by atoms with Crippen LogP contribution in [0.15, 0.2) is 0 Å². The average molecular weight is 261 g/mol. The number of nitrogens with zero attached hydrogens (tertiary/aromatic N) is 1. The van der Waals surface area contributed by atoms with E-state index >= 15 is 0 Å². The van der Waals surface area contributed by atoms with Crippen molar-refractivity contribution in [2.75, 3.05) is 53.2 Å². The molecule has 0 aromatic carbocycles. The van der Waals surface area contributed by atoms with E-state index in [1.165, 1.54) is 0 Å². The lowest BCUT2D eigenvalue weighted by Gasteiger charge is -2.47. The minimum Gasteiger partial charge on any atom is -0.480 e. The molecule has 0 bridgehead atoms. The SMILES string of the molecule is COCCOCCCN1CC(C)(OCC(=O)O)C1. The van der Waals surface area contributed by atoms with Crippen LogP contribution in [0.1, 0.15) is 13.3 Å². The highest BCUT2D eigenvalue weighted by atomic mass is 16.5. The molecule has 1 aliphatic rings. The Morgan fingerprint density at radius 1 is 1.33 bits per heavy atom. The van der Waals surface area contributed by atoms with Crippen LogP contribution in [0.2, 0.25) is 0 Å². The van der Waals surface area contributed by atoms with Gasteiger partial charge in [-0.25, -0.2) is 4.79 Å². The summed E-state index contributed by atoms with van der Waals surface area (Å²) in [5.41, 5.74) is -0.296. The van der Waals surface area contributed by atoms with Crippen molar-refractivity contribution in [1.82, 2.24) is 4.90 Å². The molecule has 1 rings (SSSR count). The third kappa shape index (κ3) is 5.77. The number of hydrogen-bond donors (Lipinski definition) is 1. The molecule has 0 aromatic rings. The zero-order chi connectivity index (χ0) is 13.4. The summed E-state index contributed by atoms with van der Waals surface area (Å²) in [5, 5.41) is 8.54. The van der Waals surface area contributed by atoms with Gasteiger partial charge in [-0.15, -0.1) is 0 Å². The molecule has 0 saturated carbocycles. The number of aliphatic carboxylic acids is 1. The van der Waals surface area contributed by atoms with E-state index in [-0.39, 0.29) is 12.2 Å². The summed E-state index contributed by atoms with van der Waals surface area (Å²) in [6.07, 6.45) is 0.971. The minimum absolute atomic E-state index is 0.218. The Balaban J connectivity index is 1.96. The number of hydrogen-bond acceptors (Lipinski definition) is 5. The van der Waals surface area contributed by atoms with Gasteiger partial charge in [-0.3, -0.25) is 4.90 Å². The van der Waals surface area contributed by atoms with Crippen LogP contribution in [0.25, 0.3) is 0 Å². The molecule has 0 aliphatic carbocycles. The van der Waals surface area contributed by atoms with E-state index in [1.54, 1.807) is 7.11 Å². The molecule has 6 heteroatoms. The molecule has 1 aliphatic heterocycles. The number of ether oxygens (including phenoxy) is 3. The second-order valence-electron chi connectivity index (χ2n) is 4.80. The Bertz CT molecular complexity index is 253. The first-order valence-corrected chi connectivity index (χ1v) is 6.20. The van der Waals surface area contributed by atoms with Crippen molar-refractivity contribution in [3.8, 4) is 0 Å². The summed E-state index contributed by atoms with van der Waals surface area (Å²) in [6.45, 7) is 6.26. The van der Waals surface area contributed by atoms with Crippen molar-refractivity contribution in [3.05, 3.63) is 0 Å². The molecule has 0 atom stereocenters. The second-order valence-corrected chi connectivity index (χ2v) is 4.80. The van der Waals surface area contributed by atoms with Crippen LogP contribution >= 0.6 is 0 Å². The molecule has 0 aromatic heterocycles. The number of carboxylic acid groups (broad SMARTS) is 1. The van der Waals surface area contributed by atoms with Crippen molar-refractivity contribution in [3.63, 3.8) is 0 Å². The van der Waals surface area contributed by atoms with E-state index in [0.29, 0.717) is 13.2 Å². The van der Waals surface area contributed by atoms with Gasteiger partial charge in [0.1, 0.15) is 6.61 Å². The predicted molar refractivity (Wildman–Crippen MR) is 65.7 cm³/mol. The van der Waals surface area contributed by atoms with Crippen LogP contribution in [0.3, 0.4) is 0 Å². The molecule has 1 heterocycles. The molecule has 18 heavy (non-hydrogen) atoms. The summed E-state index contributed by atoms with van der Waals surface area (Å²) < 4.78 is 15.6. The Morgan fingerprint density at radius 2 is 2.06 bits per heavy atom. The number of methoxy groups -OCH3 is 1. The standard InChI is InChI=1S/C12H23NO5/c1-12(18-8-11(14)15)9-13(10-12)4-3-5-17-7-6-16-2/h3-10H2,1-2H3,(H,14,15). The third-order valence-corrected chi connectivity index (χ3v) is 2.86. The average Bonchev–Trinajstić information content (AvgIpc) is 2.28. The Morgan fingerprint density at radius 3 is 2.67 bits per heavy atom. The van der Waals surface area contributed by atoms with Crippen molar-refractivity contribution >= 4 is 5.97 Å². The van der Waals surface area contributed by atoms with E-state index in [0.717, 1.165) is 32.7 Å². The van der Waals surface area contributed by atoms with Crippen molar-refractivity contribution in [2.45, 2.75) is 18.9 Å². The maximum absolute atomic E-state index is 10.4. The lowest BCUT2D eigenvalue weighted by molar-refractivity contribution is -0.165. The van der Waals surface area contributed by atoms with Crippen LogP contribution in [0.5, 0.6) is 0 Å². The number of carboxylic acids is 1. The molecule has 0 amide bonds. The highest BCUT2D eigenvalue weighted by Gasteiger charge is 2.39. The fourth-order valence-electron chi connectivity index (χ4n) is 2.02. The summed E-state index contributed by atoms with van der Waals surface area (Å²) in [7, 11) is 1.65. The fraction of sp³-hybridized carbons (Fsp3) is 0.917. The summed E-state index contributed by atoms with van der Waals surface area (Å²) in [5.74, 6) is -0.916. The monoisotopic (exact) mass is 261 g/mol. The van der Waals surface area contributed by atoms with Crippen LogP contribution in [-0.2, 0) is 19.0 Å². The summed E-state index contributed by atoms with van der Waals surface area (Å²) in [6, 6.07) is 0. The van der Waals surface area contributed by atoms with E-state index < -0.39 is 5.97 Å². The third-order valence-electron chi connectivity index (χ3n) is 2.86. The first-order valence-electron chi connectivity index (χ1n) is 6.20. The van der Waals surface area contributed by atoms with E-state index in [9.17, 15) is 4.79 Å². The summed E-state index contributed by atoms with van der Waals surface area (Å²) in [4.78, 5) is 12.6. The molecular formula is C12H23NO5. The van der Waals surface area contributed by atoms with E-state index in [2.05, 4.69) is 4.90 Å². The van der Waals surface area contributed by atoms with Crippen LogP contribution in [-0.4, -0.2) is 74.7 Å². The van der Waals surface area contributed by atoms with E-state index in [1.807, 2.05) is 6.92 Å². The van der Waals surface area contributed by atoms with Crippen molar-refractivity contribution < 1.29 is 24.1 Å². The van der Waals surface area contributed by atoms with Gasteiger partial charge in [0, 0.05) is 33.4 Å². The van der Waals surface area contributed by atoms with Gasteiger partial charge in [0.2, 0.25) is 0 Å². The van der Waals surface area contributed by atoms with Crippen molar-refractivity contribution in [2.24, 2.45) is 0 Å². The lowest BCUT2D eigenvalue weighted by atomic mass is 9.96. The quantitative estimate of drug-likeness (QED) is 0.567. The number of likely N-dealkylation sites (tertiary alicyclic amines) is 1. The molecule has 0 spiro atoms. The maximum Gasteiger partial charge on any atom is 0.329 e. The molecule has 1 saturated heterocycles. The van der Waals surface area contributed by atoms with Gasteiger partial charge in [-0.2, -0.15) is 0 Å². The highest BCUT2D eigenvalue weighted by molar-refractivity contribution is 5.68. The first-order chi connectivity index (χ1) is 8.56. The number of rotatable bonds is 10. The van der Waals surface area contributed by atoms with Crippen LogP contribution < -0.4 is 0 Å². The fourth-order valence-corrected chi connectivity index (χ4v) is 2.02. The van der Waals surface area contributed by atoms with Gasteiger partial charge in [0.15, 0.2) is 0 Å². The minimum atomic E-state index is -0.916. The Kier molecular flexibility index (Phi) is 6.56. The highest BCUT2D eigenvalue weighted by Crippen LogP contribution is 2.24. The molecule has 0 unspecified atom stereocenters. The van der Waals surface area contributed by atoms with Gasteiger partial charge in [-0.05, 0) is 13.3 Å². The lowest BCUT2D eigenvalue weighted by Crippen LogP contribution is -2.61. The maximum atomic E-state index is 10.4. The van der Waals surface area contributed by atoms with Gasteiger partial charge in [-0.1, -0.05) is 0 Å². The first kappa shape index (κ1) is 15.4. The Hall–Kier alpha value is -0.690. The van der Waals surface area contributed by atoms with E-state index in [4.69, 9.17) is 19.3 Å². The smallest absolute Gasteiger partial charge is 0.329 e.